The average Bonchev–Trinajstić information content (AvgIpc) is 3.45. The summed E-state index contributed by atoms with van der Waals surface area (Å²) in [5.41, 5.74) is 1.27. The van der Waals surface area contributed by atoms with Gasteiger partial charge in [0.05, 0.1) is 48.7 Å². The molecule has 0 N–H and O–H groups in total. The first kappa shape index (κ1) is 67.3. The Bertz CT molecular complexity index is 1460. The van der Waals surface area contributed by atoms with E-state index in [-0.39, 0.29) is 11.6 Å². The summed E-state index contributed by atoms with van der Waals surface area (Å²) < 4.78 is 26.0. The lowest BCUT2D eigenvalue weighted by molar-refractivity contribution is 0.0964. The highest BCUT2D eigenvalue weighted by Crippen LogP contribution is 2.45. The second-order valence-electron chi connectivity index (χ2n) is 23.2. The van der Waals surface area contributed by atoms with Gasteiger partial charge in [-0.2, -0.15) is 0 Å². The third-order valence-corrected chi connectivity index (χ3v) is 16.2. The first-order chi connectivity index (χ1) is 37.6. The first-order valence-corrected chi connectivity index (χ1v) is 33.5. The largest absolute Gasteiger partial charge is 0.493 e. The van der Waals surface area contributed by atoms with Crippen LogP contribution >= 0.6 is 0 Å². The van der Waals surface area contributed by atoms with Crippen LogP contribution in [0.2, 0.25) is 0 Å². The van der Waals surface area contributed by atoms with Crippen LogP contribution in [0.15, 0.2) is 24.3 Å². The zero-order valence-corrected chi connectivity index (χ0v) is 50.5. The Morgan fingerprint density at radius 2 is 0.342 bits per heavy atom. The molecule has 0 saturated carbocycles. The Labute approximate surface area is 469 Å². The number of fused-ring (bicyclic) bond motifs is 2. The summed E-state index contributed by atoms with van der Waals surface area (Å²) in [6.45, 7) is 11.1. The lowest BCUT2D eigenvalue weighted by Crippen LogP contribution is -2.25. The number of ether oxygens (including phenoxy) is 4. The van der Waals surface area contributed by atoms with Crippen molar-refractivity contribution in [3.63, 3.8) is 0 Å². The maximum atomic E-state index is 15.2. The highest BCUT2D eigenvalue weighted by atomic mass is 16.5. The smallest absolute Gasteiger partial charge is 0.202 e. The third-order valence-electron chi connectivity index (χ3n) is 16.2. The van der Waals surface area contributed by atoms with E-state index in [4.69, 9.17) is 18.9 Å². The molecule has 0 radical (unpaired) electrons. The number of unbranched alkanes of at least 4 members (excludes halogenated alkanes) is 44. The number of carbonyl (C=O) groups is 2. The summed E-state index contributed by atoms with van der Waals surface area (Å²) in [5, 5.41) is 0. The van der Waals surface area contributed by atoms with E-state index >= 15 is 9.59 Å². The quantitative estimate of drug-likeness (QED) is 0.0525. The summed E-state index contributed by atoms with van der Waals surface area (Å²) in [5.74, 6) is 1.41. The Morgan fingerprint density at radius 3 is 0.487 bits per heavy atom. The summed E-state index contributed by atoms with van der Waals surface area (Å²) in [7, 11) is 0. The maximum absolute atomic E-state index is 15.2. The normalized spacial score (nSPS) is 12.1. The van der Waals surface area contributed by atoms with Crippen molar-refractivity contribution in [2.75, 3.05) is 26.4 Å². The van der Waals surface area contributed by atoms with Crippen molar-refractivity contribution in [3.05, 3.63) is 46.5 Å². The number of rotatable bonds is 56. The summed E-state index contributed by atoms with van der Waals surface area (Å²) in [4.78, 5) is 30.4. The SMILES string of the molecule is CCCCCCCCCCCCCCOc1ccc(OCCCCCCCCCCCCCC)c2c1C(=O)c1c(OCCCCCCCCCCCCCC)ccc(OCCCCCCCCCCCCCC)c1C2=O. The molecule has 2 aromatic rings. The zero-order valence-electron chi connectivity index (χ0n) is 50.5. The molecule has 0 atom stereocenters. The summed E-state index contributed by atoms with van der Waals surface area (Å²) in [6, 6.07) is 7.48. The Kier molecular flexibility index (Phi) is 42.4. The monoisotopic (exact) mass is 1060 g/mol. The fraction of sp³-hybridized carbons (Fsp3) is 0.800. The van der Waals surface area contributed by atoms with Crippen molar-refractivity contribution in [3.8, 4) is 23.0 Å². The van der Waals surface area contributed by atoms with Crippen LogP contribution in [0.4, 0.5) is 0 Å². The maximum Gasteiger partial charge on any atom is 0.202 e. The van der Waals surface area contributed by atoms with Crippen LogP contribution in [0.5, 0.6) is 23.0 Å². The molecule has 0 heterocycles. The molecule has 0 amide bonds. The number of benzene rings is 2. The summed E-state index contributed by atoms with van der Waals surface area (Å²) in [6.07, 6.45) is 60.9. The van der Waals surface area contributed by atoms with Gasteiger partial charge < -0.3 is 18.9 Å². The third kappa shape index (κ3) is 30.4. The Hall–Kier alpha value is -3.02. The van der Waals surface area contributed by atoms with Crippen LogP contribution in [0.3, 0.4) is 0 Å². The molecular formula is C70H120O6. The second-order valence-corrected chi connectivity index (χ2v) is 23.2. The van der Waals surface area contributed by atoms with Crippen molar-refractivity contribution >= 4 is 11.6 Å². The minimum absolute atomic E-state index is 0.231. The lowest BCUT2D eigenvalue weighted by Gasteiger charge is -2.26. The molecule has 1 aliphatic rings. The molecule has 0 spiro atoms. The van der Waals surface area contributed by atoms with E-state index in [1.807, 2.05) is 24.3 Å². The van der Waals surface area contributed by atoms with Gasteiger partial charge in [0.15, 0.2) is 0 Å². The van der Waals surface area contributed by atoms with Gasteiger partial charge in [0, 0.05) is 0 Å². The molecule has 0 saturated heterocycles. The number of ketones is 2. The highest BCUT2D eigenvalue weighted by molar-refractivity contribution is 6.32. The van der Waals surface area contributed by atoms with E-state index in [2.05, 4.69) is 27.7 Å². The minimum atomic E-state index is -0.231. The van der Waals surface area contributed by atoms with Gasteiger partial charge in [-0.1, -0.05) is 310 Å². The van der Waals surface area contributed by atoms with Crippen molar-refractivity contribution < 1.29 is 28.5 Å². The number of hydrogen-bond acceptors (Lipinski definition) is 6. The van der Waals surface area contributed by atoms with E-state index in [1.54, 1.807) is 0 Å². The van der Waals surface area contributed by atoms with Gasteiger partial charge in [0.25, 0.3) is 0 Å². The zero-order chi connectivity index (χ0) is 54.2. The van der Waals surface area contributed by atoms with Crippen LogP contribution in [0, 0.1) is 0 Å². The summed E-state index contributed by atoms with van der Waals surface area (Å²) >= 11 is 0. The van der Waals surface area contributed by atoms with E-state index in [0.717, 1.165) is 51.4 Å². The fourth-order valence-corrected chi connectivity index (χ4v) is 11.3. The molecular weight excluding hydrogens is 937 g/mol. The van der Waals surface area contributed by atoms with Gasteiger partial charge >= 0.3 is 0 Å². The molecule has 0 bridgehead atoms. The van der Waals surface area contributed by atoms with Gasteiger partial charge in [0.1, 0.15) is 23.0 Å². The van der Waals surface area contributed by atoms with Gasteiger partial charge in [-0.05, 0) is 49.9 Å². The first-order valence-electron chi connectivity index (χ1n) is 33.5. The number of hydrogen-bond donors (Lipinski definition) is 0. The van der Waals surface area contributed by atoms with Crippen molar-refractivity contribution in [2.45, 2.75) is 336 Å². The molecule has 1 aliphatic carbocycles. The van der Waals surface area contributed by atoms with Gasteiger partial charge in [0.2, 0.25) is 11.6 Å². The topological polar surface area (TPSA) is 71.1 Å². The molecule has 3 rings (SSSR count). The van der Waals surface area contributed by atoms with E-state index in [9.17, 15) is 0 Å². The molecule has 0 aliphatic heterocycles. The Morgan fingerprint density at radius 1 is 0.211 bits per heavy atom. The molecule has 6 heteroatoms. The standard InChI is InChI=1S/C70H120O6/c1-5-9-13-17-21-25-29-33-37-41-45-49-57-73-61-53-54-62(74-58-50-46-42-38-34-30-26-22-18-14-10-6-2)66-65(61)69(71)67-63(75-59-51-47-43-39-35-31-27-23-19-15-11-7-3)55-56-64(68(67)70(66)72)76-60-52-48-44-40-36-32-28-24-20-16-12-8-4/h53-56H,5-52,57-60H2,1-4H3. The molecule has 76 heavy (non-hydrogen) atoms. The second kappa shape index (κ2) is 47.9. The number of carbonyl (C=O) groups excluding carboxylic acids is 2. The van der Waals surface area contributed by atoms with Gasteiger partial charge in [-0.15, -0.1) is 0 Å². The molecule has 0 fully saturated rings. The van der Waals surface area contributed by atoms with Crippen LogP contribution in [0.25, 0.3) is 0 Å². The van der Waals surface area contributed by atoms with Crippen LogP contribution in [-0.4, -0.2) is 38.0 Å². The van der Waals surface area contributed by atoms with Crippen LogP contribution in [-0.2, 0) is 0 Å². The van der Waals surface area contributed by atoms with Crippen LogP contribution < -0.4 is 18.9 Å². The Balaban J connectivity index is 1.70. The van der Waals surface area contributed by atoms with Crippen molar-refractivity contribution in [1.29, 1.82) is 0 Å². The molecule has 436 valence electrons. The van der Waals surface area contributed by atoms with Crippen molar-refractivity contribution in [1.82, 2.24) is 0 Å². The molecule has 6 nitrogen and oxygen atoms in total. The van der Waals surface area contributed by atoms with E-state index in [0.29, 0.717) is 71.7 Å². The molecule has 2 aromatic carbocycles. The van der Waals surface area contributed by atoms with Gasteiger partial charge in [-0.25, -0.2) is 0 Å². The van der Waals surface area contributed by atoms with E-state index < -0.39 is 0 Å². The predicted octanol–water partition coefficient (Wildman–Crippen LogP) is 22.8. The highest BCUT2D eigenvalue weighted by Gasteiger charge is 2.40. The van der Waals surface area contributed by atoms with Crippen molar-refractivity contribution in [2.24, 2.45) is 0 Å². The predicted molar refractivity (Wildman–Crippen MR) is 326 cm³/mol. The van der Waals surface area contributed by atoms with Gasteiger partial charge in [-0.3, -0.25) is 9.59 Å². The minimum Gasteiger partial charge on any atom is -0.493 e. The lowest BCUT2D eigenvalue weighted by atomic mass is 9.82. The van der Waals surface area contributed by atoms with Crippen LogP contribution in [0.1, 0.15) is 368 Å². The molecule has 0 unspecified atom stereocenters. The van der Waals surface area contributed by atoms with E-state index in [1.165, 1.54) is 257 Å². The molecule has 0 aromatic heterocycles. The fourth-order valence-electron chi connectivity index (χ4n) is 11.3. The average molecular weight is 1060 g/mol.